The lowest BCUT2D eigenvalue weighted by Gasteiger charge is -2.32. The Morgan fingerprint density at radius 1 is 1.10 bits per heavy atom. The van der Waals surface area contributed by atoms with Crippen molar-refractivity contribution in [1.82, 2.24) is 5.32 Å². The number of hydrogen-bond donors (Lipinski definition) is 1. The summed E-state index contributed by atoms with van der Waals surface area (Å²) in [5.74, 6) is 1.09. The lowest BCUT2D eigenvalue weighted by molar-refractivity contribution is 0.155. The summed E-state index contributed by atoms with van der Waals surface area (Å²) in [7, 11) is 0. The van der Waals surface area contributed by atoms with Crippen molar-refractivity contribution in [3.63, 3.8) is 0 Å². The standard InChI is InChI=1S/C17H26N2O/c1-14-7-8-17(20-15-5-3-2-4-6-15)16(13-14)19-11-9-18-10-12-19/h7-8,13,15,18H,2-6,9-12H2,1H3. The number of aryl methyl sites for hydroxylation is 1. The van der Waals surface area contributed by atoms with Gasteiger partial charge in [0.25, 0.3) is 0 Å². The summed E-state index contributed by atoms with van der Waals surface area (Å²) < 4.78 is 6.33. The maximum atomic E-state index is 6.33. The minimum absolute atomic E-state index is 0.424. The molecular formula is C17H26N2O. The molecule has 3 nitrogen and oxygen atoms in total. The summed E-state index contributed by atoms with van der Waals surface area (Å²) in [6, 6.07) is 6.62. The summed E-state index contributed by atoms with van der Waals surface area (Å²) in [5, 5.41) is 3.42. The zero-order chi connectivity index (χ0) is 13.8. The van der Waals surface area contributed by atoms with Gasteiger partial charge in [-0.3, -0.25) is 0 Å². The fraction of sp³-hybridized carbons (Fsp3) is 0.647. The third-order valence-electron chi connectivity index (χ3n) is 4.42. The average Bonchev–Trinajstić information content (AvgIpc) is 2.51. The Balaban J connectivity index is 1.77. The Morgan fingerprint density at radius 2 is 1.85 bits per heavy atom. The van der Waals surface area contributed by atoms with Gasteiger partial charge < -0.3 is 15.0 Å². The number of hydrogen-bond acceptors (Lipinski definition) is 3. The molecule has 0 radical (unpaired) electrons. The molecule has 20 heavy (non-hydrogen) atoms. The third kappa shape index (κ3) is 3.26. The molecule has 3 rings (SSSR count). The van der Waals surface area contributed by atoms with Gasteiger partial charge in [0.15, 0.2) is 0 Å². The van der Waals surface area contributed by atoms with Gasteiger partial charge in [0.05, 0.1) is 11.8 Å². The molecule has 110 valence electrons. The monoisotopic (exact) mass is 274 g/mol. The van der Waals surface area contributed by atoms with Gasteiger partial charge in [0, 0.05) is 26.2 Å². The lowest BCUT2D eigenvalue weighted by Crippen LogP contribution is -2.43. The van der Waals surface area contributed by atoms with E-state index in [4.69, 9.17) is 4.74 Å². The highest BCUT2D eigenvalue weighted by Gasteiger charge is 2.19. The smallest absolute Gasteiger partial charge is 0.143 e. The second kappa shape index (κ2) is 6.49. The molecule has 1 saturated heterocycles. The Kier molecular flexibility index (Phi) is 4.46. The highest BCUT2D eigenvalue weighted by molar-refractivity contribution is 5.60. The van der Waals surface area contributed by atoms with Crippen LogP contribution in [0.2, 0.25) is 0 Å². The van der Waals surface area contributed by atoms with Crippen LogP contribution in [0.25, 0.3) is 0 Å². The van der Waals surface area contributed by atoms with Crippen molar-refractivity contribution in [2.75, 3.05) is 31.1 Å². The molecule has 0 amide bonds. The number of anilines is 1. The van der Waals surface area contributed by atoms with Gasteiger partial charge in [0.2, 0.25) is 0 Å². The van der Waals surface area contributed by atoms with E-state index in [1.54, 1.807) is 0 Å². The van der Waals surface area contributed by atoms with Crippen molar-refractivity contribution >= 4 is 5.69 Å². The van der Waals surface area contributed by atoms with Gasteiger partial charge in [-0.1, -0.05) is 12.5 Å². The maximum absolute atomic E-state index is 6.33. The van der Waals surface area contributed by atoms with Crippen LogP contribution in [0.4, 0.5) is 5.69 Å². The first-order chi connectivity index (χ1) is 9.83. The van der Waals surface area contributed by atoms with Gasteiger partial charge in [-0.2, -0.15) is 0 Å². The summed E-state index contributed by atoms with van der Waals surface area (Å²) in [6.45, 7) is 6.44. The molecule has 0 aromatic heterocycles. The predicted molar refractivity (Wildman–Crippen MR) is 83.8 cm³/mol. The van der Waals surface area contributed by atoms with Gasteiger partial charge in [-0.15, -0.1) is 0 Å². The van der Waals surface area contributed by atoms with Gasteiger partial charge in [-0.25, -0.2) is 0 Å². The topological polar surface area (TPSA) is 24.5 Å². The molecule has 0 spiro atoms. The van der Waals surface area contributed by atoms with Crippen molar-refractivity contribution < 1.29 is 4.74 Å². The van der Waals surface area contributed by atoms with Crippen LogP contribution in [0.5, 0.6) is 5.75 Å². The first-order valence-corrected chi connectivity index (χ1v) is 8.06. The van der Waals surface area contributed by atoms with Crippen LogP contribution in [0, 0.1) is 6.92 Å². The summed E-state index contributed by atoms with van der Waals surface area (Å²) in [6.07, 6.45) is 6.87. The zero-order valence-corrected chi connectivity index (χ0v) is 12.5. The first kappa shape index (κ1) is 13.7. The Labute approximate surface area is 122 Å². The van der Waals surface area contributed by atoms with Crippen LogP contribution in [0.15, 0.2) is 18.2 Å². The number of nitrogens with zero attached hydrogens (tertiary/aromatic N) is 1. The normalized spacial score (nSPS) is 20.9. The van der Waals surface area contributed by atoms with Crippen LogP contribution in [0.3, 0.4) is 0 Å². The molecule has 1 saturated carbocycles. The van der Waals surface area contributed by atoms with Crippen LogP contribution < -0.4 is 15.0 Å². The van der Waals surface area contributed by atoms with Crippen LogP contribution >= 0.6 is 0 Å². The van der Waals surface area contributed by atoms with Crippen molar-refractivity contribution in [2.24, 2.45) is 0 Å². The van der Waals surface area contributed by atoms with E-state index in [9.17, 15) is 0 Å². The molecule has 1 aromatic rings. The van der Waals surface area contributed by atoms with E-state index in [1.807, 2.05) is 0 Å². The average molecular weight is 274 g/mol. The Morgan fingerprint density at radius 3 is 2.60 bits per heavy atom. The lowest BCUT2D eigenvalue weighted by atomic mass is 9.98. The molecule has 1 aromatic carbocycles. The summed E-state index contributed by atoms with van der Waals surface area (Å²) in [4.78, 5) is 2.46. The highest BCUT2D eigenvalue weighted by Crippen LogP contribution is 2.33. The van der Waals surface area contributed by atoms with E-state index < -0.39 is 0 Å². The maximum Gasteiger partial charge on any atom is 0.143 e. The number of piperazine rings is 1. The molecule has 2 fully saturated rings. The number of ether oxygens (including phenoxy) is 1. The molecule has 1 aliphatic heterocycles. The van der Waals surface area contributed by atoms with E-state index in [0.29, 0.717) is 6.10 Å². The Hall–Kier alpha value is -1.22. The molecule has 3 heteroatoms. The molecule has 0 unspecified atom stereocenters. The zero-order valence-electron chi connectivity index (χ0n) is 12.5. The largest absolute Gasteiger partial charge is 0.488 e. The predicted octanol–water partition coefficient (Wildman–Crippen LogP) is 3.12. The van der Waals surface area contributed by atoms with E-state index in [1.165, 1.54) is 43.4 Å². The fourth-order valence-corrected chi connectivity index (χ4v) is 3.24. The van der Waals surface area contributed by atoms with Crippen LogP contribution in [-0.2, 0) is 0 Å². The first-order valence-electron chi connectivity index (χ1n) is 8.06. The van der Waals surface area contributed by atoms with Crippen molar-refractivity contribution in [3.8, 4) is 5.75 Å². The van der Waals surface area contributed by atoms with Gasteiger partial charge in [0.1, 0.15) is 5.75 Å². The molecule has 1 aliphatic carbocycles. The molecule has 0 bridgehead atoms. The SMILES string of the molecule is Cc1ccc(OC2CCCCC2)c(N2CCNCC2)c1. The minimum Gasteiger partial charge on any atom is -0.488 e. The van der Waals surface area contributed by atoms with Crippen LogP contribution in [-0.4, -0.2) is 32.3 Å². The number of rotatable bonds is 3. The quantitative estimate of drug-likeness (QED) is 0.916. The molecule has 2 aliphatic rings. The Bertz CT molecular complexity index is 435. The van der Waals surface area contributed by atoms with Crippen molar-refractivity contribution in [2.45, 2.75) is 45.1 Å². The van der Waals surface area contributed by atoms with Gasteiger partial charge >= 0.3 is 0 Å². The van der Waals surface area contributed by atoms with Crippen molar-refractivity contribution in [3.05, 3.63) is 23.8 Å². The molecule has 1 heterocycles. The van der Waals surface area contributed by atoms with E-state index >= 15 is 0 Å². The third-order valence-corrected chi connectivity index (χ3v) is 4.42. The van der Waals surface area contributed by atoms with E-state index in [-0.39, 0.29) is 0 Å². The minimum atomic E-state index is 0.424. The second-order valence-corrected chi connectivity index (χ2v) is 6.09. The van der Waals surface area contributed by atoms with Gasteiger partial charge in [-0.05, 0) is 50.3 Å². The van der Waals surface area contributed by atoms with E-state index in [2.05, 4.69) is 35.3 Å². The summed E-state index contributed by atoms with van der Waals surface area (Å²) >= 11 is 0. The summed E-state index contributed by atoms with van der Waals surface area (Å²) in [5.41, 5.74) is 2.60. The van der Waals surface area contributed by atoms with Crippen LogP contribution in [0.1, 0.15) is 37.7 Å². The number of nitrogens with one attached hydrogen (secondary N) is 1. The van der Waals surface area contributed by atoms with E-state index in [0.717, 1.165) is 31.9 Å². The highest BCUT2D eigenvalue weighted by atomic mass is 16.5. The fourth-order valence-electron chi connectivity index (χ4n) is 3.24. The molecule has 0 atom stereocenters. The second-order valence-electron chi connectivity index (χ2n) is 6.09. The van der Waals surface area contributed by atoms with Crippen molar-refractivity contribution in [1.29, 1.82) is 0 Å². The number of benzene rings is 1. The molecular weight excluding hydrogens is 248 g/mol. The molecule has 1 N–H and O–H groups in total.